The Balaban J connectivity index is 1.59. The first kappa shape index (κ1) is 18.5. The second kappa shape index (κ2) is 8.91. The highest BCUT2D eigenvalue weighted by atomic mass is 127. The van der Waals surface area contributed by atoms with Crippen LogP contribution in [-0.2, 0) is 0 Å². The van der Waals surface area contributed by atoms with E-state index in [9.17, 15) is 4.79 Å². The molecule has 0 saturated heterocycles. The maximum atomic E-state index is 12.1. The Morgan fingerprint density at radius 2 is 2.00 bits per heavy atom. The van der Waals surface area contributed by atoms with Gasteiger partial charge in [-0.3, -0.25) is 4.79 Å². The van der Waals surface area contributed by atoms with Gasteiger partial charge in [0.25, 0.3) is 5.91 Å². The number of rotatable bonds is 6. The molecule has 3 rings (SSSR count). The molecule has 26 heavy (non-hydrogen) atoms. The van der Waals surface area contributed by atoms with Crippen LogP contribution >= 0.6 is 34.4 Å². The van der Waals surface area contributed by atoms with Gasteiger partial charge in [0.05, 0.1) is 16.9 Å². The summed E-state index contributed by atoms with van der Waals surface area (Å²) in [6.45, 7) is 0. The monoisotopic (exact) mass is 478 g/mol. The molecule has 1 heterocycles. The van der Waals surface area contributed by atoms with E-state index < -0.39 is 0 Å². The standard InChI is InChI=1S/C19H15IN2O3S/c1-24-17-11-13(7-9-16(17)20)19(23)22-21-12-14-8-10-18(25-14)26-15-5-3-2-4-6-15/h2-12H,1H3,(H,22,23)/b21-12+. The summed E-state index contributed by atoms with van der Waals surface area (Å²) < 4.78 is 11.8. The van der Waals surface area contributed by atoms with Crippen LogP contribution in [0.1, 0.15) is 16.1 Å². The minimum Gasteiger partial charge on any atom is -0.496 e. The molecule has 132 valence electrons. The number of hydrogen-bond acceptors (Lipinski definition) is 5. The molecule has 0 atom stereocenters. The predicted molar refractivity (Wildman–Crippen MR) is 110 cm³/mol. The fourth-order valence-electron chi connectivity index (χ4n) is 2.08. The van der Waals surface area contributed by atoms with E-state index in [1.54, 1.807) is 25.3 Å². The van der Waals surface area contributed by atoms with Crippen LogP contribution in [0, 0.1) is 3.57 Å². The van der Waals surface area contributed by atoms with Gasteiger partial charge in [-0.25, -0.2) is 5.43 Å². The van der Waals surface area contributed by atoms with Gasteiger partial charge in [0.2, 0.25) is 0 Å². The third-order valence-electron chi connectivity index (χ3n) is 3.33. The Morgan fingerprint density at radius 3 is 2.77 bits per heavy atom. The van der Waals surface area contributed by atoms with Crippen molar-refractivity contribution in [2.75, 3.05) is 7.11 Å². The van der Waals surface area contributed by atoms with Gasteiger partial charge in [-0.1, -0.05) is 30.0 Å². The molecule has 0 aliphatic heterocycles. The first-order chi connectivity index (χ1) is 12.7. The minimum atomic E-state index is -0.318. The zero-order valence-electron chi connectivity index (χ0n) is 13.8. The highest BCUT2D eigenvalue weighted by Gasteiger charge is 2.08. The summed E-state index contributed by atoms with van der Waals surface area (Å²) in [4.78, 5) is 13.2. The maximum Gasteiger partial charge on any atom is 0.271 e. The second-order valence-corrected chi connectivity index (χ2v) is 7.36. The quantitative estimate of drug-likeness (QED) is 0.314. The number of carbonyl (C=O) groups is 1. The number of nitrogens with zero attached hydrogens (tertiary/aromatic N) is 1. The number of hydrazone groups is 1. The third kappa shape index (κ3) is 4.89. The summed E-state index contributed by atoms with van der Waals surface area (Å²) in [5.74, 6) is 0.890. The average Bonchev–Trinajstić information content (AvgIpc) is 3.10. The van der Waals surface area contributed by atoms with Gasteiger partial charge in [-0.2, -0.15) is 5.10 Å². The van der Waals surface area contributed by atoms with Crippen molar-refractivity contribution in [2.45, 2.75) is 9.99 Å². The fraction of sp³-hybridized carbons (Fsp3) is 0.0526. The predicted octanol–water partition coefficient (Wildman–Crippen LogP) is 4.81. The smallest absolute Gasteiger partial charge is 0.271 e. The lowest BCUT2D eigenvalue weighted by atomic mass is 10.2. The summed E-state index contributed by atoms with van der Waals surface area (Å²) in [7, 11) is 1.57. The van der Waals surface area contributed by atoms with Crippen LogP contribution in [0.15, 0.2) is 80.2 Å². The van der Waals surface area contributed by atoms with E-state index in [-0.39, 0.29) is 5.91 Å². The van der Waals surface area contributed by atoms with E-state index in [0.29, 0.717) is 17.1 Å². The molecule has 0 bridgehead atoms. The van der Waals surface area contributed by atoms with Crippen molar-refractivity contribution in [3.8, 4) is 5.75 Å². The number of methoxy groups -OCH3 is 1. The van der Waals surface area contributed by atoms with Crippen molar-refractivity contribution in [1.29, 1.82) is 0 Å². The first-order valence-corrected chi connectivity index (χ1v) is 9.55. The largest absolute Gasteiger partial charge is 0.496 e. The number of ether oxygens (including phenoxy) is 1. The lowest BCUT2D eigenvalue weighted by Gasteiger charge is -2.05. The van der Waals surface area contributed by atoms with Gasteiger partial charge in [0.15, 0.2) is 5.09 Å². The first-order valence-electron chi connectivity index (χ1n) is 7.65. The Labute approximate surface area is 169 Å². The van der Waals surface area contributed by atoms with Gasteiger partial charge in [-0.15, -0.1) is 0 Å². The van der Waals surface area contributed by atoms with Gasteiger partial charge >= 0.3 is 0 Å². The maximum absolute atomic E-state index is 12.1. The molecule has 3 aromatic rings. The molecule has 0 unspecified atom stereocenters. The molecule has 1 N–H and O–H groups in total. The zero-order valence-corrected chi connectivity index (χ0v) is 16.8. The lowest BCUT2D eigenvalue weighted by Crippen LogP contribution is -2.17. The number of nitrogens with one attached hydrogen (secondary N) is 1. The molecule has 1 amide bonds. The Bertz CT molecular complexity index is 926. The molecule has 0 saturated carbocycles. The van der Waals surface area contributed by atoms with Gasteiger partial charge < -0.3 is 9.15 Å². The van der Waals surface area contributed by atoms with Gasteiger partial charge in [-0.05, 0) is 65.1 Å². The number of halogens is 1. The van der Waals surface area contributed by atoms with E-state index in [0.717, 1.165) is 13.6 Å². The van der Waals surface area contributed by atoms with Gasteiger partial charge in [0.1, 0.15) is 11.5 Å². The molecule has 7 heteroatoms. The zero-order chi connectivity index (χ0) is 18.4. The summed E-state index contributed by atoms with van der Waals surface area (Å²) in [5.41, 5.74) is 2.95. The molecule has 0 radical (unpaired) electrons. The van der Waals surface area contributed by atoms with Crippen LogP contribution in [0.3, 0.4) is 0 Å². The lowest BCUT2D eigenvalue weighted by molar-refractivity contribution is 0.0954. The summed E-state index contributed by atoms with van der Waals surface area (Å²) in [6, 6.07) is 18.8. The van der Waals surface area contributed by atoms with Crippen molar-refractivity contribution >= 4 is 46.5 Å². The summed E-state index contributed by atoms with van der Waals surface area (Å²) in [6.07, 6.45) is 1.47. The SMILES string of the molecule is COc1cc(C(=O)N/N=C/c2ccc(Sc3ccccc3)o2)ccc1I. The highest BCUT2D eigenvalue weighted by molar-refractivity contribution is 14.1. The van der Waals surface area contributed by atoms with E-state index in [1.165, 1.54) is 18.0 Å². The van der Waals surface area contributed by atoms with Crippen molar-refractivity contribution < 1.29 is 13.9 Å². The average molecular weight is 478 g/mol. The van der Waals surface area contributed by atoms with Crippen molar-refractivity contribution in [1.82, 2.24) is 5.43 Å². The molecular formula is C19H15IN2O3S. The van der Waals surface area contributed by atoms with Gasteiger partial charge in [0, 0.05) is 10.5 Å². The number of carbonyl (C=O) groups excluding carboxylic acids is 1. The number of benzene rings is 2. The van der Waals surface area contributed by atoms with E-state index in [4.69, 9.17) is 9.15 Å². The molecular weight excluding hydrogens is 463 g/mol. The van der Waals surface area contributed by atoms with Crippen LogP contribution in [-0.4, -0.2) is 19.2 Å². The number of hydrogen-bond donors (Lipinski definition) is 1. The Hall–Kier alpha value is -2.26. The number of furan rings is 1. The van der Waals surface area contributed by atoms with Crippen LogP contribution in [0.25, 0.3) is 0 Å². The van der Waals surface area contributed by atoms with E-state index >= 15 is 0 Å². The van der Waals surface area contributed by atoms with Crippen molar-refractivity contribution in [2.24, 2.45) is 5.10 Å². The molecule has 0 spiro atoms. The molecule has 0 fully saturated rings. The molecule has 2 aromatic carbocycles. The minimum absolute atomic E-state index is 0.318. The van der Waals surface area contributed by atoms with Crippen molar-refractivity contribution in [3.63, 3.8) is 0 Å². The Morgan fingerprint density at radius 1 is 1.19 bits per heavy atom. The fourth-order valence-corrected chi connectivity index (χ4v) is 3.44. The molecule has 1 aromatic heterocycles. The molecule has 0 aliphatic rings. The van der Waals surface area contributed by atoms with Crippen LogP contribution in [0.2, 0.25) is 0 Å². The number of amides is 1. The third-order valence-corrected chi connectivity index (χ3v) is 5.15. The highest BCUT2D eigenvalue weighted by Crippen LogP contribution is 2.28. The molecule has 0 aliphatic carbocycles. The summed E-state index contributed by atoms with van der Waals surface area (Å²) >= 11 is 3.67. The topological polar surface area (TPSA) is 63.8 Å². The summed E-state index contributed by atoms with van der Waals surface area (Å²) in [5, 5.41) is 4.70. The van der Waals surface area contributed by atoms with Crippen LogP contribution in [0.4, 0.5) is 0 Å². The normalized spacial score (nSPS) is 10.8. The van der Waals surface area contributed by atoms with Crippen LogP contribution < -0.4 is 10.2 Å². The second-order valence-electron chi connectivity index (χ2n) is 5.12. The van der Waals surface area contributed by atoms with Crippen LogP contribution in [0.5, 0.6) is 5.75 Å². The van der Waals surface area contributed by atoms with E-state index in [2.05, 4.69) is 33.1 Å². The van der Waals surface area contributed by atoms with E-state index in [1.807, 2.05) is 42.5 Å². The van der Waals surface area contributed by atoms with Crippen molar-refractivity contribution in [3.05, 3.63) is 75.6 Å². The Kier molecular flexibility index (Phi) is 6.35. The molecule has 5 nitrogen and oxygen atoms in total.